The Bertz CT molecular complexity index is 1170. The van der Waals surface area contributed by atoms with E-state index in [9.17, 15) is 4.39 Å². The molecule has 0 radical (unpaired) electrons. The maximum atomic E-state index is 15.6. The van der Waals surface area contributed by atoms with Crippen molar-refractivity contribution in [1.82, 2.24) is 15.0 Å². The molecule has 196 valence electrons. The second-order valence-corrected chi connectivity index (χ2v) is 11.2. The first-order valence-electron chi connectivity index (χ1n) is 13.0. The lowest BCUT2D eigenvalue weighted by Gasteiger charge is -2.37. The van der Waals surface area contributed by atoms with Crippen LogP contribution in [-0.2, 0) is 0 Å². The van der Waals surface area contributed by atoms with Gasteiger partial charge in [0.15, 0.2) is 5.82 Å². The fraction of sp³-hybridized carbons (Fsp3) is 0.433. The Kier molecular flexibility index (Phi) is 8.20. The first kappa shape index (κ1) is 26.7. The minimum Gasteiger partial charge on any atom is -0.355 e. The van der Waals surface area contributed by atoms with E-state index in [1.807, 2.05) is 35.2 Å². The summed E-state index contributed by atoms with van der Waals surface area (Å²) < 4.78 is 29.1. The number of pyridine rings is 1. The van der Waals surface area contributed by atoms with Crippen LogP contribution in [0.5, 0.6) is 0 Å². The number of allylic oxidation sites excluding steroid dienone is 1. The Morgan fingerprint density at radius 1 is 1.03 bits per heavy atom. The fourth-order valence-corrected chi connectivity index (χ4v) is 4.95. The van der Waals surface area contributed by atoms with Crippen molar-refractivity contribution in [3.63, 3.8) is 0 Å². The second-order valence-electron chi connectivity index (χ2n) is 11.2. The monoisotopic (exact) mass is 505 g/mol. The Labute approximate surface area is 219 Å². The third kappa shape index (κ3) is 7.34. The molecular formula is C30H37F2N5. The van der Waals surface area contributed by atoms with Gasteiger partial charge < -0.3 is 4.90 Å². The van der Waals surface area contributed by atoms with E-state index in [0.717, 1.165) is 24.9 Å². The van der Waals surface area contributed by atoms with Crippen LogP contribution in [0.1, 0.15) is 59.3 Å². The van der Waals surface area contributed by atoms with Crippen LogP contribution in [0.4, 0.5) is 31.9 Å². The second kappa shape index (κ2) is 11.4. The zero-order valence-corrected chi connectivity index (χ0v) is 22.1. The fourth-order valence-electron chi connectivity index (χ4n) is 4.95. The number of para-hydroxylation sites is 1. The minimum absolute atomic E-state index is 0.217. The summed E-state index contributed by atoms with van der Waals surface area (Å²) in [6.45, 7) is 12.0. The van der Waals surface area contributed by atoms with Crippen molar-refractivity contribution in [1.29, 1.82) is 0 Å². The summed E-state index contributed by atoms with van der Waals surface area (Å²) in [7, 11) is 0. The molecule has 1 aliphatic heterocycles. The molecule has 0 amide bonds. The van der Waals surface area contributed by atoms with E-state index in [2.05, 4.69) is 42.2 Å². The number of hydrogen-bond acceptors (Lipinski definition) is 5. The molecule has 3 aromatic rings. The first-order chi connectivity index (χ1) is 17.6. The summed E-state index contributed by atoms with van der Waals surface area (Å²) in [6, 6.07) is 12.6. The average molecular weight is 506 g/mol. The van der Waals surface area contributed by atoms with Gasteiger partial charge in [-0.05, 0) is 68.2 Å². The largest absolute Gasteiger partial charge is 0.355 e. The molecule has 37 heavy (non-hydrogen) atoms. The van der Waals surface area contributed by atoms with Gasteiger partial charge >= 0.3 is 0 Å². The molecule has 0 unspecified atom stereocenters. The molecule has 2 aromatic heterocycles. The van der Waals surface area contributed by atoms with Crippen molar-refractivity contribution >= 4 is 23.1 Å². The maximum absolute atomic E-state index is 15.6. The minimum atomic E-state index is -1.16. The summed E-state index contributed by atoms with van der Waals surface area (Å²) in [5.74, 6) is 1.39. The summed E-state index contributed by atoms with van der Waals surface area (Å²) in [5, 5.41) is 0. The molecule has 1 aliphatic rings. The van der Waals surface area contributed by atoms with Gasteiger partial charge in [-0.1, -0.05) is 51.1 Å². The number of hydrogen-bond donors (Lipinski definition) is 0. The van der Waals surface area contributed by atoms with Gasteiger partial charge in [-0.3, -0.25) is 9.88 Å². The predicted octanol–water partition coefficient (Wildman–Crippen LogP) is 7.95. The van der Waals surface area contributed by atoms with Crippen molar-refractivity contribution in [3.05, 3.63) is 79.0 Å². The Morgan fingerprint density at radius 2 is 1.76 bits per heavy atom. The number of rotatable bonds is 9. The Balaban J connectivity index is 1.43. The van der Waals surface area contributed by atoms with E-state index in [1.54, 1.807) is 18.5 Å². The molecule has 0 saturated carbocycles. The number of aromatic nitrogens is 3. The normalized spacial score (nSPS) is 15.4. The van der Waals surface area contributed by atoms with Gasteiger partial charge in [-0.15, -0.1) is 0 Å². The topological polar surface area (TPSA) is 45.2 Å². The summed E-state index contributed by atoms with van der Waals surface area (Å²) >= 11 is 0. The number of benzene rings is 1. The van der Waals surface area contributed by atoms with Crippen molar-refractivity contribution < 1.29 is 8.78 Å². The van der Waals surface area contributed by atoms with Gasteiger partial charge in [0.2, 0.25) is 0 Å². The van der Waals surface area contributed by atoms with Crippen LogP contribution < -0.4 is 9.80 Å². The first-order valence-corrected chi connectivity index (χ1v) is 13.0. The quantitative estimate of drug-likeness (QED) is 0.276. The standard InChI is InChI=1S/C30H37F2N5/c1-23(19-29(2,3)4)9-8-14-30(32)15-17-36(18-16-30)27-21-33-22-28(35-27)37(25-10-6-5-7-11-25)26-13-12-24(31)20-34-26/h5-7,10-13,20-22H,1,8-9,14-19H2,2-4H3. The van der Waals surface area contributed by atoms with E-state index >= 15 is 4.39 Å². The van der Waals surface area contributed by atoms with E-state index in [1.165, 1.54) is 17.8 Å². The molecule has 1 saturated heterocycles. The number of alkyl halides is 1. The average Bonchev–Trinajstić information content (AvgIpc) is 2.86. The summed E-state index contributed by atoms with van der Waals surface area (Å²) in [5.41, 5.74) is 1.10. The van der Waals surface area contributed by atoms with E-state index in [4.69, 9.17) is 4.98 Å². The van der Waals surface area contributed by atoms with Crippen molar-refractivity contribution in [2.24, 2.45) is 5.41 Å². The van der Waals surface area contributed by atoms with Gasteiger partial charge in [0.05, 0.1) is 18.6 Å². The Morgan fingerprint density at radius 3 is 2.41 bits per heavy atom. The van der Waals surface area contributed by atoms with Crippen LogP contribution in [0.25, 0.3) is 0 Å². The van der Waals surface area contributed by atoms with Gasteiger partial charge in [0, 0.05) is 18.8 Å². The van der Waals surface area contributed by atoms with E-state index in [-0.39, 0.29) is 5.41 Å². The third-order valence-electron chi connectivity index (χ3n) is 6.71. The van der Waals surface area contributed by atoms with Gasteiger partial charge in [-0.2, -0.15) is 0 Å². The van der Waals surface area contributed by atoms with E-state index < -0.39 is 11.5 Å². The predicted molar refractivity (Wildman–Crippen MR) is 147 cm³/mol. The molecule has 0 atom stereocenters. The maximum Gasteiger partial charge on any atom is 0.159 e. The van der Waals surface area contributed by atoms with Crippen LogP contribution in [0.2, 0.25) is 0 Å². The van der Waals surface area contributed by atoms with Crippen molar-refractivity contribution in [2.75, 3.05) is 22.9 Å². The molecule has 0 bridgehead atoms. The number of nitrogens with zero attached hydrogens (tertiary/aromatic N) is 5. The highest BCUT2D eigenvalue weighted by atomic mass is 19.1. The van der Waals surface area contributed by atoms with Crippen LogP contribution in [0.15, 0.2) is 73.2 Å². The molecule has 1 aromatic carbocycles. The molecule has 1 fully saturated rings. The smallest absolute Gasteiger partial charge is 0.159 e. The molecule has 7 heteroatoms. The molecule has 3 heterocycles. The highest BCUT2D eigenvalue weighted by molar-refractivity contribution is 5.72. The lowest BCUT2D eigenvalue weighted by Crippen LogP contribution is -2.42. The highest BCUT2D eigenvalue weighted by Crippen LogP contribution is 2.36. The molecule has 0 N–H and O–H groups in total. The SMILES string of the molecule is C=C(CCCC1(F)CCN(c2cncc(N(c3ccccc3)c3ccc(F)cn3)n2)CC1)CC(C)(C)C. The lowest BCUT2D eigenvalue weighted by molar-refractivity contribution is 0.110. The van der Waals surface area contributed by atoms with Crippen molar-refractivity contribution in [2.45, 2.75) is 65.0 Å². The highest BCUT2D eigenvalue weighted by Gasteiger charge is 2.34. The van der Waals surface area contributed by atoms with Crippen LogP contribution >= 0.6 is 0 Å². The molecule has 0 aliphatic carbocycles. The van der Waals surface area contributed by atoms with Gasteiger partial charge in [-0.25, -0.2) is 18.7 Å². The molecule has 5 nitrogen and oxygen atoms in total. The third-order valence-corrected chi connectivity index (χ3v) is 6.71. The summed E-state index contributed by atoms with van der Waals surface area (Å²) in [4.78, 5) is 17.5. The number of anilines is 4. The van der Waals surface area contributed by atoms with Crippen LogP contribution in [0.3, 0.4) is 0 Å². The Hall–Kier alpha value is -3.35. The molecule has 4 rings (SSSR count). The zero-order valence-electron chi connectivity index (χ0n) is 22.1. The van der Waals surface area contributed by atoms with Gasteiger partial charge in [0.25, 0.3) is 0 Å². The zero-order chi connectivity index (χ0) is 26.5. The molecular weight excluding hydrogens is 468 g/mol. The molecule has 0 spiro atoms. The van der Waals surface area contributed by atoms with Gasteiger partial charge in [0.1, 0.15) is 23.1 Å². The van der Waals surface area contributed by atoms with E-state index in [0.29, 0.717) is 49.8 Å². The number of halogens is 2. The van der Waals surface area contributed by atoms with Crippen LogP contribution in [-0.4, -0.2) is 33.7 Å². The number of piperidine rings is 1. The van der Waals surface area contributed by atoms with Crippen LogP contribution in [0, 0.1) is 11.2 Å². The van der Waals surface area contributed by atoms with Crippen molar-refractivity contribution in [3.8, 4) is 0 Å². The summed E-state index contributed by atoms with van der Waals surface area (Å²) in [6.07, 6.45) is 8.74. The lowest BCUT2D eigenvalue weighted by atomic mass is 9.84.